The van der Waals surface area contributed by atoms with Gasteiger partial charge in [-0.25, -0.2) is 8.78 Å². The van der Waals surface area contributed by atoms with Crippen molar-refractivity contribution in [2.75, 3.05) is 13.2 Å². The molecule has 0 spiro atoms. The van der Waals surface area contributed by atoms with E-state index < -0.39 is 11.6 Å². The third-order valence-corrected chi connectivity index (χ3v) is 8.17. The van der Waals surface area contributed by atoms with Crippen molar-refractivity contribution in [2.45, 2.75) is 58.8 Å². The zero-order valence-corrected chi connectivity index (χ0v) is 27.8. The molecule has 0 aliphatic rings. The smallest absolute Gasteiger partial charge is 0.131 e. The minimum absolute atomic E-state index is 0.0195. The fourth-order valence-electron chi connectivity index (χ4n) is 5.45. The van der Waals surface area contributed by atoms with Gasteiger partial charge in [0.2, 0.25) is 0 Å². The highest BCUT2D eigenvalue weighted by Crippen LogP contribution is 2.44. The lowest BCUT2D eigenvalue weighted by Gasteiger charge is -2.26. The van der Waals surface area contributed by atoms with E-state index in [0.29, 0.717) is 52.3 Å². The summed E-state index contributed by atoms with van der Waals surface area (Å²) in [7, 11) is 0. The summed E-state index contributed by atoms with van der Waals surface area (Å²) >= 11 is 0. The van der Waals surface area contributed by atoms with Gasteiger partial charge in [-0.1, -0.05) is 96.1 Å². The van der Waals surface area contributed by atoms with Crippen LogP contribution in [0.5, 0.6) is 23.0 Å². The lowest BCUT2D eigenvalue weighted by Crippen LogP contribution is -2.16. The molecule has 5 aromatic rings. The van der Waals surface area contributed by atoms with Gasteiger partial charge in [0.25, 0.3) is 0 Å². The molecule has 47 heavy (non-hydrogen) atoms. The molecule has 0 aromatic heterocycles. The van der Waals surface area contributed by atoms with E-state index in [9.17, 15) is 14.6 Å². The number of phenols is 2. The van der Waals surface area contributed by atoms with Crippen molar-refractivity contribution < 1.29 is 28.5 Å². The molecule has 6 heteroatoms. The maximum absolute atomic E-state index is 15.3. The quantitative estimate of drug-likeness (QED) is 0.158. The van der Waals surface area contributed by atoms with Crippen LogP contribution in [0.25, 0.3) is 33.4 Å². The molecular formula is C41H42F2O4. The van der Waals surface area contributed by atoms with Crippen molar-refractivity contribution >= 4 is 0 Å². The van der Waals surface area contributed by atoms with Crippen molar-refractivity contribution in [2.24, 2.45) is 0 Å². The molecule has 0 saturated heterocycles. The number of aromatic hydroxyl groups is 2. The highest BCUT2D eigenvalue weighted by Gasteiger charge is 2.23. The Morgan fingerprint density at radius 1 is 0.532 bits per heavy atom. The number of hydrogen-bond acceptors (Lipinski definition) is 4. The van der Waals surface area contributed by atoms with Gasteiger partial charge in [0.05, 0.1) is 13.2 Å². The summed E-state index contributed by atoms with van der Waals surface area (Å²) in [5.74, 6) is 0.0395. The van der Waals surface area contributed by atoms with E-state index in [2.05, 4.69) is 47.6 Å². The number of halogens is 2. The van der Waals surface area contributed by atoms with Crippen LogP contribution in [0.2, 0.25) is 0 Å². The van der Waals surface area contributed by atoms with Gasteiger partial charge in [0, 0.05) is 34.2 Å². The Morgan fingerprint density at radius 2 is 1.02 bits per heavy atom. The molecule has 0 aliphatic heterocycles. The van der Waals surface area contributed by atoms with E-state index in [1.165, 1.54) is 30.3 Å². The summed E-state index contributed by atoms with van der Waals surface area (Å²) in [6.45, 7) is 13.4. The number of phenolic OH excluding ortho intramolecular Hbond substituents is 2. The van der Waals surface area contributed by atoms with Gasteiger partial charge in [-0.05, 0) is 70.0 Å². The maximum atomic E-state index is 15.3. The van der Waals surface area contributed by atoms with Crippen LogP contribution in [-0.2, 0) is 10.8 Å². The lowest BCUT2D eigenvalue weighted by molar-refractivity contribution is 0.248. The third kappa shape index (κ3) is 7.76. The van der Waals surface area contributed by atoms with Crippen molar-refractivity contribution in [1.82, 2.24) is 0 Å². The standard InChI is InChI=1S/C41H42F2O4/c1-40(2,3)27-20-26(21-28(22-27)41(4,5)6)33-24-30(43)25-35(39(33)45)32-13-8-10-15-38(32)47-19-11-18-46-37-14-9-7-12-31(37)34-23-29(42)16-17-36(34)44/h7-10,12-17,20-25,44-45H,11,18-19H2,1-6H3. The first kappa shape index (κ1) is 33.5. The molecule has 0 bridgehead atoms. The monoisotopic (exact) mass is 636 g/mol. The number of ether oxygens (including phenoxy) is 2. The molecule has 5 aromatic carbocycles. The summed E-state index contributed by atoms with van der Waals surface area (Å²) in [5.41, 5.74) is 4.93. The molecule has 5 rings (SSSR count). The van der Waals surface area contributed by atoms with Gasteiger partial charge in [0.1, 0.15) is 34.6 Å². The van der Waals surface area contributed by atoms with Crippen LogP contribution in [0.15, 0.2) is 97.1 Å². The zero-order chi connectivity index (χ0) is 33.9. The summed E-state index contributed by atoms with van der Waals surface area (Å²) in [5, 5.41) is 21.9. The second kappa shape index (κ2) is 13.5. The molecule has 0 atom stereocenters. The molecule has 244 valence electrons. The highest BCUT2D eigenvalue weighted by atomic mass is 19.1. The molecule has 4 nitrogen and oxygen atoms in total. The Hall–Kier alpha value is -4.84. The lowest BCUT2D eigenvalue weighted by atomic mass is 9.78. The van der Waals surface area contributed by atoms with Gasteiger partial charge in [-0.3, -0.25) is 0 Å². The third-order valence-electron chi connectivity index (χ3n) is 8.17. The topological polar surface area (TPSA) is 58.9 Å². The number of hydrogen-bond donors (Lipinski definition) is 2. The van der Waals surface area contributed by atoms with Crippen LogP contribution in [-0.4, -0.2) is 23.4 Å². The Bertz CT molecular complexity index is 1850. The highest BCUT2D eigenvalue weighted by molar-refractivity contribution is 5.85. The zero-order valence-electron chi connectivity index (χ0n) is 27.8. The summed E-state index contributed by atoms with van der Waals surface area (Å²) in [6, 6.07) is 27.2. The van der Waals surface area contributed by atoms with Gasteiger partial charge in [-0.2, -0.15) is 0 Å². The van der Waals surface area contributed by atoms with Crippen LogP contribution < -0.4 is 9.47 Å². The molecule has 0 amide bonds. The van der Waals surface area contributed by atoms with Crippen LogP contribution in [0.4, 0.5) is 8.78 Å². The van der Waals surface area contributed by atoms with Gasteiger partial charge < -0.3 is 19.7 Å². The summed E-state index contributed by atoms with van der Waals surface area (Å²) < 4.78 is 41.3. The van der Waals surface area contributed by atoms with E-state index in [4.69, 9.17) is 9.47 Å². The Kier molecular flexibility index (Phi) is 9.62. The van der Waals surface area contributed by atoms with Crippen LogP contribution in [0.1, 0.15) is 59.1 Å². The average molecular weight is 637 g/mol. The molecule has 0 aliphatic carbocycles. The van der Waals surface area contributed by atoms with Crippen LogP contribution in [0, 0.1) is 11.6 Å². The van der Waals surface area contributed by atoms with E-state index in [0.717, 1.165) is 16.7 Å². The molecular weight excluding hydrogens is 594 g/mol. The molecule has 0 fully saturated rings. The van der Waals surface area contributed by atoms with E-state index in [1.807, 2.05) is 30.3 Å². The molecule has 0 radical (unpaired) electrons. The van der Waals surface area contributed by atoms with Crippen molar-refractivity contribution in [3.05, 3.63) is 120 Å². The molecule has 2 N–H and O–H groups in total. The minimum atomic E-state index is -0.461. The Labute approximate surface area is 276 Å². The number of para-hydroxylation sites is 2. The minimum Gasteiger partial charge on any atom is -0.507 e. The first-order valence-electron chi connectivity index (χ1n) is 15.8. The maximum Gasteiger partial charge on any atom is 0.131 e. The normalized spacial score (nSPS) is 11.8. The number of benzene rings is 5. The SMILES string of the molecule is CC(C)(C)c1cc(-c2cc(F)cc(-c3ccccc3OCCCOc3ccccc3-c3cc(F)ccc3O)c2O)cc(C(C)(C)C)c1. The summed E-state index contributed by atoms with van der Waals surface area (Å²) in [6.07, 6.45) is 0.507. The van der Waals surface area contributed by atoms with Crippen molar-refractivity contribution in [3.8, 4) is 56.4 Å². The van der Waals surface area contributed by atoms with Crippen LogP contribution >= 0.6 is 0 Å². The summed E-state index contributed by atoms with van der Waals surface area (Å²) in [4.78, 5) is 0. The first-order chi connectivity index (χ1) is 22.2. The first-order valence-corrected chi connectivity index (χ1v) is 15.8. The van der Waals surface area contributed by atoms with Gasteiger partial charge in [0.15, 0.2) is 0 Å². The van der Waals surface area contributed by atoms with Crippen molar-refractivity contribution in [1.29, 1.82) is 0 Å². The van der Waals surface area contributed by atoms with Gasteiger partial charge >= 0.3 is 0 Å². The van der Waals surface area contributed by atoms with Crippen molar-refractivity contribution in [3.63, 3.8) is 0 Å². The second-order valence-corrected chi connectivity index (χ2v) is 13.9. The largest absolute Gasteiger partial charge is 0.507 e. The average Bonchev–Trinajstić information content (AvgIpc) is 3.02. The molecule has 0 saturated carbocycles. The molecule has 0 unspecified atom stereocenters. The fourth-order valence-corrected chi connectivity index (χ4v) is 5.45. The van der Waals surface area contributed by atoms with E-state index in [1.54, 1.807) is 30.3 Å². The Balaban J connectivity index is 1.37. The Morgan fingerprint density at radius 3 is 1.57 bits per heavy atom. The fraction of sp³-hybridized carbons (Fsp3) is 0.268. The van der Waals surface area contributed by atoms with Crippen LogP contribution in [0.3, 0.4) is 0 Å². The number of rotatable bonds is 9. The predicted molar refractivity (Wildman–Crippen MR) is 185 cm³/mol. The van der Waals surface area contributed by atoms with Gasteiger partial charge in [-0.15, -0.1) is 0 Å². The second-order valence-electron chi connectivity index (χ2n) is 13.9. The van der Waals surface area contributed by atoms with E-state index >= 15 is 4.39 Å². The van der Waals surface area contributed by atoms with E-state index in [-0.39, 0.29) is 28.9 Å². The molecule has 0 heterocycles. The predicted octanol–water partition coefficient (Wildman–Crippen LogP) is 10.8.